The van der Waals surface area contributed by atoms with E-state index in [-0.39, 0.29) is 22.3 Å². The molecular formula is C23H28Cl2FN3O4S. The molecule has 2 aromatic carbocycles. The molecule has 11 heteroatoms. The topological polar surface area (TPSA) is 86.8 Å². The first-order chi connectivity index (χ1) is 15.6. The van der Waals surface area contributed by atoms with Crippen LogP contribution in [0.15, 0.2) is 42.5 Å². The molecule has 0 saturated carbocycles. The number of nitrogens with one attached hydrogen (secondary N) is 1. The maximum Gasteiger partial charge on any atom is 0.244 e. The van der Waals surface area contributed by atoms with Crippen LogP contribution in [0.1, 0.15) is 33.3 Å². The molecule has 2 amide bonds. The molecule has 0 spiro atoms. The molecule has 186 valence electrons. The van der Waals surface area contributed by atoms with Gasteiger partial charge < -0.3 is 10.2 Å². The van der Waals surface area contributed by atoms with E-state index < -0.39 is 45.8 Å². The zero-order valence-electron chi connectivity index (χ0n) is 19.6. The number of benzene rings is 2. The number of halogens is 3. The fraction of sp³-hybridized carbons (Fsp3) is 0.391. The quantitative estimate of drug-likeness (QED) is 0.552. The fourth-order valence-corrected chi connectivity index (χ4v) is 4.43. The van der Waals surface area contributed by atoms with E-state index in [9.17, 15) is 22.4 Å². The van der Waals surface area contributed by atoms with Gasteiger partial charge in [0, 0.05) is 12.1 Å². The summed E-state index contributed by atoms with van der Waals surface area (Å²) in [6, 6.07) is 8.96. The Morgan fingerprint density at radius 3 is 2.21 bits per heavy atom. The second kappa shape index (κ2) is 10.9. The van der Waals surface area contributed by atoms with Crippen molar-refractivity contribution >= 4 is 50.7 Å². The Hall–Kier alpha value is -2.36. The van der Waals surface area contributed by atoms with Crippen molar-refractivity contribution in [1.82, 2.24) is 10.2 Å². The number of amides is 2. The summed E-state index contributed by atoms with van der Waals surface area (Å²) < 4.78 is 39.4. The van der Waals surface area contributed by atoms with Gasteiger partial charge in [0.15, 0.2) is 0 Å². The van der Waals surface area contributed by atoms with Gasteiger partial charge in [-0.25, -0.2) is 12.8 Å². The lowest BCUT2D eigenvalue weighted by Gasteiger charge is -2.33. The predicted octanol–water partition coefficient (Wildman–Crippen LogP) is 4.23. The van der Waals surface area contributed by atoms with Crippen molar-refractivity contribution in [3.63, 3.8) is 0 Å². The zero-order chi connectivity index (χ0) is 25.8. The Balaban J connectivity index is 2.44. The lowest BCUT2D eigenvalue weighted by molar-refractivity contribution is -0.140. The lowest BCUT2D eigenvalue weighted by atomic mass is 10.1. The van der Waals surface area contributed by atoms with Gasteiger partial charge >= 0.3 is 0 Å². The van der Waals surface area contributed by atoms with Crippen LogP contribution >= 0.6 is 23.2 Å². The van der Waals surface area contributed by atoms with Crippen LogP contribution in [0, 0.1) is 5.82 Å². The second-order valence-electron chi connectivity index (χ2n) is 8.91. The summed E-state index contributed by atoms with van der Waals surface area (Å²) in [5.74, 6) is -1.52. The lowest BCUT2D eigenvalue weighted by Crippen LogP contribution is -2.54. The Morgan fingerprint density at radius 2 is 1.68 bits per heavy atom. The predicted molar refractivity (Wildman–Crippen MR) is 133 cm³/mol. The number of nitrogens with zero attached hydrogens (tertiary/aromatic N) is 2. The van der Waals surface area contributed by atoms with Crippen LogP contribution in [0.25, 0.3) is 0 Å². The number of hydrogen-bond donors (Lipinski definition) is 1. The first kappa shape index (κ1) is 27.9. The molecule has 1 atom stereocenters. The maximum atomic E-state index is 13.4. The van der Waals surface area contributed by atoms with E-state index in [0.29, 0.717) is 5.56 Å². The van der Waals surface area contributed by atoms with Gasteiger partial charge in [-0.15, -0.1) is 0 Å². The molecule has 34 heavy (non-hydrogen) atoms. The molecule has 0 aromatic heterocycles. The minimum absolute atomic E-state index is 0.0222. The maximum absolute atomic E-state index is 13.4. The Bertz CT molecular complexity index is 1150. The summed E-state index contributed by atoms with van der Waals surface area (Å²) in [6.07, 6.45) is 0.942. The average molecular weight is 532 g/mol. The Morgan fingerprint density at radius 1 is 1.09 bits per heavy atom. The van der Waals surface area contributed by atoms with Gasteiger partial charge in [0.05, 0.1) is 22.0 Å². The first-order valence-electron chi connectivity index (χ1n) is 10.4. The van der Waals surface area contributed by atoms with E-state index in [4.69, 9.17) is 23.2 Å². The van der Waals surface area contributed by atoms with Crippen molar-refractivity contribution in [3.8, 4) is 0 Å². The van der Waals surface area contributed by atoms with Gasteiger partial charge in [-0.3, -0.25) is 13.9 Å². The molecule has 1 N–H and O–H groups in total. The molecule has 0 saturated heterocycles. The smallest absolute Gasteiger partial charge is 0.244 e. The normalized spacial score (nSPS) is 12.7. The molecule has 0 bridgehead atoms. The summed E-state index contributed by atoms with van der Waals surface area (Å²) in [5.41, 5.74) is 0.0543. The highest BCUT2D eigenvalue weighted by Gasteiger charge is 2.32. The van der Waals surface area contributed by atoms with Crippen LogP contribution in [0.3, 0.4) is 0 Å². The summed E-state index contributed by atoms with van der Waals surface area (Å²) in [6.45, 7) is 6.29. The van der Waals surface area contributed by atoms with E-state index in [0.717, 1.165) is 10.6 Å². The van der Waals surface area contributed by atoms with Gasteiger partial charge in [0.2, 0.25) is 21.8 Å². The first-order valence-corrected chi connectivity index (χ1v) is 13.0. The van der Waals surface area contributed by atoms with Crippen LogP contribution in [-0.4, -0.2) is 49.5 Å². The molecule has 2 rings (SSSR count). The van der Waals surface area contributed by atoms with E-state index in [1.165, 1.54) is 47.4 Å². The van der Waals surface area contributed by atoms with Gasteiger partial charge in [0.1, 0.15) is 18.4 Å². The van der Waals surface area contributed by atoms with E-state index in [1.807, 2.05) is 0 Å². The van der Waals surface area contributed by atoms with Crippen molar-refractivity contribution in [2.75, 3.05) is 17.1 Å². The molecule has 0 fully saturated rings. The average Bonchev–Trinajstić information content (AvgIpc) is 2.71. The largest absolute Gasteiger partial charge is 0.350 e. The SMILES string of the molecule is C[C@@H](C(=O)NC(C)(C)C)N(Cc1ccc(F)cc1)C(=O)CN(c1cccc(Cl)c1Cl)S(C)(=O)=O. The van der Waals surface area contributed by atoms with Crippen LogP contribution in [-0.2, 0) is 26.2 Å². The van der Waals surface area contributed by atoms with E-state index in [2.05, 4.69) is 5.32 Å². The molecule has 0 aliphatic rings. The minimum Gasteiger partial charge on any atom is -0.350 e. The highest BCUT2D eigenvalue weighted by molar-refractivity contribution is 7.92. The van der Waals surface area contributed by atoms with Gasteiger partial charge in [-0.05, 0) is 57.5 Å². The van der Waals surface area contributed by atoms with Crippen LogP contribution in [0.5, 0.6) is 0 Å². The molecule has 0 radical (unpaired) electrons. The van der Waals surface area contributed by atoms with Crippen molar-refractivity contribution in [3.05, 3.63) is 63.9 Å². The number of anilines is 1. The standard InChI is InChI=1S/C23H28Cl2FN3O4S/c1-15(22(31)27-23(2,3)4)28(13-16-9-11-17(26)12-10-16)20(30)14-29(34(5,32)33)19-8-6-7-18(24)21(19)25/h6-12,15H,13-14H2,1-5H3,(H,27,31)/t15-/m0/s1. The fourth-order valence-electron chi connectivity index (χ4n) is 3.12. The number of carbonyl (C=O) groups is 2. The minimum atomic E-state index is -3.95. The van der Waals surface area contributed by atoms with Crippen molar-refractivity contribution < 1.29 is 22.4 Å². The van der Waals surface area contributed by atoms with E-state index >= 15 is 0 Å². The number of carbonyl (C=O) groups excluding carboxylic acids is 2. The van der Waals surface area contributed by atoms with Crippen molar-refractivity contribution in [2.45, 2.75) is 45.8 Å². The second-order valence-corrected chi connectivity index (χ2v) is 11.6. The summed E-state index contributed by atoms with van der Waals surface area (Å²) >= 11 is 12.3. The van der Waals surface area contributed by atoms with Crippen LogP contribution < -0.4 is 9.62 Å². The van der Waals surface area contributed by atoms with Crippen LogP contribution in [0.4, 0.5) is 10.1 Å². The Kier molecular flexibility index (Phi) is 8.96. The van der Waals surface area contributed by atoms with Gasteiger partial charge in [-0.2, -0.15) is 0 Å². The molecule has 0 heterocycles. The molecule has 7 nitrogen and oxygen atoms in total. The molecule has 0 aliphatic heterocycles. The van der Waals surface area contributed by atoms with Crippen molar-refractivity contribution in [2.24, 2.45) is 0 Å². The van der Waals surface area contributed by atoms with Gasteiger partial charge in [-0.1, -0.05) is 41.4 Å². The molecule has 0 unspecified atom stereocenters. The molecular weight excluding hydrogens is 504 g/mol. The number of rotatable bonds is 8. The summed E-state index contributed by atoms with van der Waals surface area (Å²) in [7, 11) is -3.95. The zero-order valence-corrected chi connectivity index (χ0v) is 21.9. The van der Waals surface area contributed by atoms with Gasteiger partial charge in [0.25, 0.3) is 0 Å². The highest BCUT2D eigenvalue weighted by atomic mass is 35.5. The highest BCUT2D eigenvalue weighted by Crippen LogP contribution is 2.33. The third-order valence-corrected chi connectivity index (χ3v) is 6.75. The van der Waals surface area contributed by atoms with E-state index in [1.54, 1.807) is 27.7 Å². The molecule has 0 aliphatic carbocycles. The van der Waals surface area contributed by atoms with Crippen LogP contribution in [0.2, 0.25) is 10.0 Å². The third kappa shape index (κ3) is 7.58. The summed E-state index contributed by atoms with van der Waals surface area (Å²) in [5, 5.41) is 2.92. The Labute approximate surface area is 209 Å². The number of sulfonamides is 1. The molecule has 2 aromatic rings. The number of hydrogen-bond acceptors (Lipinski definition) is 4. The van der Waals surface area contributed by atoms with Crippen molar-refractivity contribution in [1.29, 1.82) is 0 Å². The summed E-state index contributed by atoms with van der Waals surface area (Å²) in [4.78, 5) is 27.5. The monoisotopic (exact) mass is 531 g/mol. The third-order valence-electron chi connectivity index (χ3n) is 4.81.